The molecule has 1 aliphatic rings. The summed E-state index contributed by atoms with van der Waals surface area (Å²) in [6, 6.07) is 19.9. The first-order chi connectivity index (χ1) is 8.95. The summed E-state index contributed by atoms with van der Waals surface area (Å²) in [7, 11) is 0. The van der Waals surface area contributed by atoms with Crippen molar-refractivity contribution in [1.29, 1.82) is 0 Å². The van der Waals surface area contributed by atoms with Crippen LogP contribution in [0, 0.1) is 0 Å². The highest BCUT2D eigenvalue weighted by Crippen LogP contribution is 2.31. The predicted molar refractivity (Wildman–Crippen MR) is 71.0 cm³/mol. The summed E-state index contributed by atoms with van der Waals surface area (Å²) in [5.41, 5.74) is 2.00. The normalized spacial score (nSPS) is 14.0. The zero-order chi connectivity index (χ0) is 12.2. The van der Waals surface area contributed by atoms with E-state index in [1.54, 1.807) is 12.5 Å². The van der Waals surface area contributed by atoms with Crippen molar-refractivity contribution < 1.29 is 9.47 Å². The zero-order valence-electron chi connectivity index (χ0n) is 9.74. The van der Waals surface area contributed by atoms with E-state index in [0.717, 1.165) is 22.6 Å². The lowest BCUT2D eigenvalue weighted by Gasteiger charge is -2.17. The molecule has 1 aliphatic heterocycles. The highest BCUT2D eigenvalue weighted by atomic mass is 16.5. The van der Waals surface area contributed by atoms with Crippen LogP contribution in [0.2, 0.25) is 0 Å². The first-order valence-electron chi connectivity index (χ1n) is 5.78. The Labute approximate surface area is 106 Å². The summed E-state index contributed by atoms with van der Waals surface area (Å²) in [4.78, 5) is 0. The van der Waals surface area contributed by atoms with Crippen molar-refractivity contribution in [2.75, 3.05) is 0 Å². The van der Waals surface area contributed by atoms with Crippen molar-refractivity contribution >= 4 is 11.5 Å². The maximum Gasteiger partial charge on any atom is 0.176 e. The average Bonchev–Trinajstić information content (AvgIpc) is 2.49. The van der Waals surface area contributed by atoms with Crippen molar-refractivity contribution in [2.45, 2.75) is 0 Å². The van der Waals surface area contributed by atoms with Crippen LogP contribution < -0.4 is 0 Å². The van der Waals surface area contributed by atoms with Gasteiger partial charge in [0, 0.05) is 11.1 Å². The monoisotopic (exact) mass is 236 g/mol. The highest BCUT2D eigenvalue weighted by Gasteiger charge is 2.16. The van der Waals surface area contributed by atoms with Crippen LogP contribution in [-0.4, -0.2) is 0 Å². The van der Waals surface area contributed by atoms with Gasteiger partial charge in [0.2, 0.25) is 0 Å². The van der Waals surface area contributed by atoms with Crippen LogP contribution in [-0.2, 0) is 9.47 Å². The van der Waals surface area contributed by atoms with E-state index in [4.69, 9.17) is 9.47 Å². The lowest BCUT2D eigenvalue weighted by atomic mass is 10.1. The average molecular weight is 236 g/mol. The maximum atomic E-state index is 5.61. The second-order valence-corrected chi connectivity index (χ2v) is 3.90. The van der Waals surface area contributed by atoms with Gasteiger partial charge in [0.15, 0.2) is 11.5 Å². The summed E-state index contributed by atoms with van der Waals surface area (Å²) in [6.45, 7) is 0. The number of rotatable bonds is 2. The van der Waals surface area contributed by atoms with Crippen molar-refractivity contribution in [3.05, 3.63) is 84.3 Å². The summed E-state index contributed by atoms with van der Waals surface area (Å²) in [5, 5.41) is 0. The molecular formula is C16H12O2. The lowest BCUT2D eigenvalue weighted by molar-refractivity contribution is 0.335. The molecule has 2 nitrogen and oxygen atoms in total. The Kier molecular flexibility index (Phi) is 2.84. The molecule has 0 unspecified atom stereocenters. The summed E-state index contributed by atoms with van der Waals surface area (Å²) < 4.78 is 11.2. The molecule has 0 bridgehead atoms. The van der Waals surface area contributed by atoms with Crippen molar-refractivity contribution in [1.82, 2.24) is 0 Å². The van der Waals surface area contributed by atoms with Gasteiger partial charge in [0.1, 0.15) is 12.5 Å². The molecule has 0 aliphatic carbocycles. The van der Waals surface area contributed by atoms with Gasteiger partial charge >= 0.3 is 0 Å². The fraction of sp³-hybridized carbons (Fsp3) is 0. The van der Waals surface area contributed by atoms with Gasteiger partial charge in [-0.1, -0.05) is 60.7 Å². The molecule has 2 aromatic carbocycles. The fourth-order valence-corrected chi connectivity index (χ4v) is 1.88. The Morgan fingerprint density at radius 1 is 0.500 bits per heavy atom. The highest BCUT2D eigenvalue weighted by molar-refractivity contribution is 5.85. The smallest absolute Gasteiger partial charge is 0.176 e. The van der Waals surface area contributed by atoms with Gasteiger partial charge in [-0.25, -0.2) is 0 Å². The largest absolute Gasteiger partial charge is 0.457 e. The summed E-state index contributed by atoms with van der Waals surface area (Å²) in [5.74, 6) is 1.48. The number of benzene rings is 2. The van der Waals surface area contributed by atoms with Crippen LogP contribution in [0.3, 0.4) is 0 Å². The molecule has 2 aromatic rings. The van der Waals surface area contributed by atoms with E-state index < -0.39 is 0 Å². The molecule has 0 radical (unpaired) electrons. The molecule has 0 atom stereocenters. The van der Waals surface area contributed by atoms with Gasteiger partial charge in [-0.05, 0) is 0 Å². The van der Waals surface area contributed by atoms with E-state index >= 15 is 0 Å². The Morgan fingerprint density at radius 3 is 1.28 bits per heavy atom. The predicted octanol–water partition coefficient (Wildman–Crippen LogP) is 4.03. The first kappa shape index (κ1) is 10.7. The molecule has 0 amide bonds. The van der Waals surface area contributed by atoms with Crippen molar-refractivity contribution in [3.8, 4) is 0 Å². The van der Waals surface area contributed by atoms with Gasteiger partial charge in [-0.2, -0.15) is 0 Å². The minimum absolute atomic E-state index is 0.740. The molecule has 0 spiro atoms. The maximum absolute atomic E-state index is 5.61. The van der Waals surface area contributed by atoms with Gasteiger partial charge in [-0.15, -0.1) is 0 Å². The standard InChI is InChI=1S/C16H12O2/c1-3-7-13(8-4-1)15-16(18-12-11-17-15)14-9-5-2-6-10-14/h1-12H. The number of hydrogen-bond donors (Lipinski definition) is 0. The molecular weight excluding hydrogens is 224 g/mol. The number of ether oxygens (including phenoxy) is 2. The molecule has 88 valence electrons. The SMILES string of the molecule is C1=COC(c2ccccc2)=C(c2ccccc2)O1. The van der Waals surface area contributed by atoms with Crippen LogP contribution >= 0.6 is 0 Å². The zero-order valence-corrected chi connectivity index (χ0v) is 9.74. The Bertz CT molecular complexity index is 530. The van der Waals surface area contributed by atoms with Gasteiger partial charge in [-0.3, -0.25) is 0 Å². The minimum Gasteiger partial charge on any atom is -0.457 e. The third-order valence-corrected chi connectivity index (χ3v) is 2.71. The van der Waals surface area contributed by atoms with E-state index in [1.165, 1.54) is 0 Å². The van der Waals surface area contributed by atoms with E-state index in [1.807, 2.05) is 60.7 Å². The minimum atomic E-state index is 0.740. The van der Waals surface area contributed by atoms with Gasteiger partial charge < -0.3 is 9.47 Å². The topological polar surface area (TPSA) is 18.5 Å². The second kappa shape index (κ2) is 4.80. The van der Waals surface area contributed by atoms with Crippen LogP contribution in [0.15, 0.2) is 73.2 Å². The third-order valence-electron chi connectivity index (χ3n) is 2.71. The quantitative estimate of drug-likeness (QED) is 0.783. The van der Waals surface area contributed by atoms with Crippen LogP contribution in [0.25, 0.3) is 11.5 Å². The van der Waals surface area contributed by atoms with E-state index in [-0.39, 0.29) is 0 Å². The Balaban J connectivity index is 2.10. The third kappa shape index (κ3) is 2.00. The molecule has 0 fully saturated rings. The first-order valence-corrected chi connectivity index (χ1v) is 5.78. The molecule has 3 rings (SSSR count). The van der Waals surface area contributed by atoms with E-state index in [2.05, 4.69) is 0 Å². The molecule has 1 heterocycles. The van der Waals surface area contributed by atoms with Crippen molar-refractivity contribution in [2.24, 2.45) is 0 Å². The molecule has 18 heavy (non-hydrogen) atoms. The molecule has 0 N–H and O–H groups in total. The molecule has 0 aromatic heterocycles. The second-order valence-electron chi connectivity index (χ2n) is 3.90. The van der Waals surface area contributed by atoms with Gasteiger partial charge in [0.05, 0.1) is 0 Å². The molecule has 2 heteroatoms. The van der Waals surface area contributed by atoms with Crippen LogP contribution in [0.4, 0.5) is 0 Å². The lowest BCUT2D eigenvalue weighted by Crippen LogP contribution is -1.99. The Morgan fingerprint density at radius 2 is 0.889 bits per heavy atom. The summed E-state index contributed by atoms with van der Waals surface area (Å²) in [6.07, 6.45) is 3.10. The van der Waals surface area contributed by atoms with E-state index in [9.17, 15) is 0 Å². The van der Waals surface area contributed by atoms with E-state index in [0.29, 0.717) is 0 Å². The number of hydrogen-bond acceptors (Lipinski definition) is 2. The fourth-order valence-electron chi connectivity index (χ4n) is 1.88. The Hall–Kier alpha value is -2.48. The molecule has 0 saturated heterocycles. The van der Waals surface area contributed by atoms with Crippen molar-refractivity contribution in [3.63, 3.8) is 0 Å². The summed E-state index contributed by atoms with van der Waals surface area (Å²) >= 11 is 0. The van der Waals surface area contributed by atoms with Crippen LogP contribution in [0.5, 0.6) is 0 Å². The molecule has 0 saturated carbocycles. The van der Waals surface area contributed by atoms with Crippen LogP contribution in [0.1, 0.15) is 11.1 Å². The van der Waals surface area contributed by atoms with Gasteiger partial charge in [0.25, 0.3) is 0 Å².